The second-order valence-electron chi connectivity index (χ2n) is 4.81. The van der Waals surface area contributed by atoms with Gasteiger partial charge >= 0.3 is 0 Å². The fourth-order valence-electron chi connectivity index (χ4n) is 2.44. The van der Waals surface area contributed by atoms with Crippen molar-refractivity contribution in [3.8, 4) is 17.4 Å². The maximum atomic E-state index is 8.91. The van der Waals surface area contributed by atoms with E-state index >= 15 is 0 Å². The van der Waals surface area contributed by atoms with Gasteiger partial charge in [-0.05, 0) is 31.5 Å². The first-order chi connectivity index (χ1) is 9.36. The van der Waals surface area contributed by atoms with Crippen LogP contribution < -0.4 is 5.32 Å². The summed E-state index contributed by atoms with van der Waals surface area (Å²) in [4.78, 5) is 0. The van der Waals surface area contributed by atoms with Crippen molar-refractivity contribution in [2.75, 3.05) is 6.54 Å². The van der Waals surface area contributed by atoms with E-state index < -0.39 is 0 Å². The van der Waals surface area contributed by atoms with Gasteiger partial charge in [0.05, 0.1) is 17.7 Å². The molecule has 1 unspecified atom stereocenters. The molecule has 1 fully saturated rings. The molecule has 1 aromatic carbocycles. The molecule has 1 aliphatic heterocycles. The van der Waals surface area contributed by atoms with Gasteiger partial charge in [-0.3, -0.25) is 0 Å². The van der Waals surface area contributed by atoms with E-state index in [-0.39, 0.29) is 0 Å². The second kappa shape index (κ2) is 5.25. The molecule has 96 valence electrons. The van der Waals surface area contributed by atoms with Crippen molar-refractivity contribution in [1.29, 1.82) is 5.26 Å². The summed E-state index contributed by atoms with van der Waals surface area (Å²) in [5.74, 6) is 0.722. The van der Waals surface area contributed by atoms with Gasteiger partial charge in [0.25, 0.3) is 0 Å². The number of hydrogen-bond acceptors (Lipinski definition) is 4. The van der Waals surface area contributed by atoms with Gasteiger partial charge in [0, 0.05) is 11.6 Å². The standard InChI is InChI=1S/C15H15N3O/c16-10-11-4-3-5-12(8-11)15-9-14(18-19-15)13-6-1-2-7-17-13/h3-5,8-9,13,17H,1-2,6-7H2. The van der Waals surface area contributed by atoms with E-state index in [4.69, 9.17) is 9.78 Å². The molecule has 4 nitrogen and oxygen atoms in total. The lowest BCUT2D eigenvalue weighted by Crippen LogP contribution is -2.26. The summed E-state index contributed by atoms with van der Waals surface area (Å²) in [6.07, 6.45) is 3.55. The van der Waals surface area contributed by atoms with Crippen molar-refractivity contribution < 1.29 is 4.52 Å². The van der Waals surface area contributed by atoms with Crippen LogP contribution in [0.3, 0.4) is 0 Å². The van der Waals surface area contributed by atoms with Crippen LogP contribution in [0.25, 0.3) is 11.3 Å². The maximum absolute atomic E-state index is 8.91. The van der Waals surface area contributed by atoms with Crippen LogP contribution in [0.15, 0.2) is 34.9 Å². The highest BCUT2D eigenvalue weighted by molar-refractivity contribution is 5.59. The number of rotatable bonds is 2. The van der Waals surface area contributed by atoms with Crippen molar-refractivity contribution in [3.05, 3.63) is 41.6 Å². The number of nitrogens with one attached hydrogen (secondary N) is 1. The van der Waals surface area contributed by atoms with Crippen LogP contribution in [0.5, 0.6) is 0 Å². The van der Waals surface area contributed by atoms with Crippen LogP contribution in [-0.4, -0.2) is 11.7 Å². The summed E-state index contributed by atoms with van der Waals surface area (Å²) in [5.41, 5.74) is 2.48. The minimum Gasteiger partial charge on any atom is -0.356 e. The zero-order valence-corrected chi connectivity index (χ0v) is 10.6. The topological polar surface area (TPSA) is 61.9 Å². The monoisotopic (exact) mass is 253 g/mol. The van der Waals surface area contributed by atoms with Gasteiger partial charge in [-0.1, -0.05) is 23.7 Å². The smallest absolute Gasteiger partial charge is 0.167 e. The van der Waals surface area contributed by atoms with Crippen LogP contribution in [0.1, 0.15) is 36.6 Å². The first-order valence-corrected chi connectivity index (χ1v) is 6.57. The summed E-state index contributed by atoms with van der Waals surface area (Å²) in [6, 6.07) is 11.8. The Hall–Kier alpha value is -2.12. The van der Waals surface area contributed by atoms with E-state index in [2.05, 4.69) is 16.5 Å². The fourth-order valence-corrected chi connectivity index (χ4v) is 2.44. The van der Waals surface area contributed by atoms with Gasteiger partial charge in [0.1, 0.15) is 5.69 Å². The number of nitriles is 1. The van der Waals surface area contributed by atoms with Gasteiger partial charge in [0.2, 0.25) is 0 Å². The Kier molecular flexibility index (Phi) is 3.30. The first-order valence-electron chi connectivity index (χ1n) is 6.57. The third kappa shape index (κ3) is 2.51. The Morgan fingerprint density at radius 2 is 2.26 bits per heavy atom. The molecule has 2 aromatic rings. The molecule has 1 aromatic heterocycles. The quantitative estimate of drug-likeness (QED) is 0.893. The normalized spacial score (nSPS) is 19.0. The SMILES string of the molecule is N#Cc1cccc(-c2cc(C3CCCCN3)no2)c1. The second-order valence-corrected chi connectivity index (χ2v) is 4.81. The highest BCUT2D eigenvalue weighted by Gasteiger charge is 2.19. The number of aromatic nitrogens is 1. The van der Waals surface area contributed by atoms with Gasteiger partial charge in [0.15, 0.2) is 5.76 Å². The Morgan fingerprint density at radius 1 is 1.32 bits per heavy atom. The molecule has 0 amide bonds. The number of benzene rings is 1. The largest absolute Gasteiger partial charge is 0.356 e. The summed E-state index contributed by atoms with van der Waals surface area (Å²) in [6.45, 7) is 1.04. The molecular weight excluding hydrogens is 238 g/mol. The Bertz CT molecular complexity index is 606. The van der Waals surface area contributed by atoms with Gasteiger partial charge in [-0.25, -0.2) is 0 Å². The van der Waals surface area contributed by atoms with Crippen molar-refractivity contribution in [2.45, 2.75) is 25.3 Å². The zero-order valence-electron chi connectivity index (χ0n) is 10.6. The third-order valence-electron chi connectivity index (χ3n) is 3.47. The third-order valence-corrected chi connectivity index (χ3v) is 3.47. The van der Waals surface area contributed by atoms with Crippen molar-refractivity contribution in [2.24, 2.45) is 0 Å². The Morgan fingerprint density at radius 3 is 3.05 bits per heavy atom. The Balaban J connectivity index is 1.86. The van der Waals surface area contributed by atoms with Crippen LogP contribution in [0.4, 0.5) is 0 Å². The van der Waals surface area contributed by atoms with Gasteiger partial charge in [-0.15, -0.1) is 0 Å². The number of hydrogen-bond donors (Lipinski definition) is 1. The molecule has 0 radical (unpaired) electrons. The van der Waals surface area contributed by atoms with Crippen molar-refractivity contribution in [1.82, 2.24) is 10.5 Å². The molecule has 0 saturated carbocycles. The average molecular weight is 253 g/mol. The molecule has 0 spiro atoms. The summed E-state index contributed by atoms with van der Waals surface area (Å²) in [5, 5.41) is 16.5. The van der Waals surface area contributed by atoms with Crippen LogP contribution in [-0.2, 0) is 0 Å². The van der Waals surface area contributed by atoms with E-state index in [1.54, 1.807) is 6.07 Å². The van der Waals surface area contributed by atoms with Crippen molar-refractivity contribution >= 4 is 0 Å². The Labute approximate surface area is 112 Å². The number of nitrogens with zero attached hydrogens (tertiary/aromatic N) is 2. The average Bonchev–Trinajstić information content (AvgIpc) is 2.98. The molecule has 1 atom stereocenters. The summed E-state index contributed by atoms with van der Waals surface area (Å²) >= 11 is 0. The van der Waals surface area contributed by atoms with E-state index in [1.807, 2.05) is 24.3 Å². The van der Waals surface area contributed by atoms with Crippen LogP contribution >= 0.6 is 0 Å². The highest BCUT2D eigenvalue weighted by Crippen LogP contribution is 2.27. The van der Waals surface area contributed by atoms with Gasteiger partial charge in [-0.2, -0.15) is 5.26 Å². The lowest BCUT2D eigenvalue weighted by molar-refractivity contribution is 0.368. The van der Waals surface area contributed by atoms with E-state index in [0.29, 0.717) is 11.6 Å². The first kappa shape index (κ1) is 11.9. The predicted octanol–water partition coefficient (Wildman–Crippen LogP) is 3.03. The lowest BCUT2D eigenvalue weighted by atomic mass is 10.0. The number of piperidine rings is 1. The van der Waals surface area contributed by atoms with Crippen LogP contribution in [0.2, 0.25) is 0 Å². The zero-order chi connectivity index (χ0) is 13.1. The summed E-state index contributed by atoms with van der Waals surface area (Å²) in [7, 11) is 0. The minimum atomic E-state index is 0.297. The summed E-state index contributed by atoms with van der Waals surface area (Å²) < 4.78 is 5.40. The molecule has 2 heterocycles. The fraction of sp³-hybridized carbons (Fsp3) is 0.333. The lowest BCUT2D eigenvalue weighted by Gasteiger charge is -2.20. The molecule has 0 aliphatic carbocycles. The maximum Gasteiger partial charge on any atom is 0.167 e. The van der Waals surface area contributed by atoms with Crippen molar-refractivity contribution in [3.63, 3.8) is 0 Å². The van der Waals surface area contributed by atoms with Gasteiger partial charge < -0.3 is 9.84 Å². The van der Waals surface area contributed by atoms with Crippen LogP contribution in [0, 0.1) is 11.3 Å². The molecule has 1 saturated heterocycles. The van der Waals surface area contributed by atoms with E-state index in [9.17, 15) is 0 Å². The van der Waals surface area contributed by atoms with E-state index in [1.165, 1.54) is 12.8 Å². The molecule has 3 rings (SSSR count). The minimum absolute atomic E-state index is 0.297. The molecule has 1 N–H and O–H groups in total. The molecule has 4 heteroatoms. The highest BCUT2D eigenvalue weighted by atomic mass is 16.5. The molecular formula is C15H15N3O. The molecule has 0 bridgehead atoms. The molecule has 1 aliphatic rings. The predicted molar refractivity (Wildman–Crippen MR) is 71.2 cm³/mol. The van der Waals surface area contributed by atoms with E-state index in [0.717, 1.165) is 30.0 Å². The molecule has 19 heavy (non-hydrogen) atoms.